The molecule has 1 atom stereocenters. The molecule has 0 saturated carbocycles. The average molecular weight is 482 g/mol. The summed E-state index contributed by atoms with van der Waals surface area (Å²) < 4.78 is 11.3. The number of rotatable bonds is 9. The molecule has 0 bridgehead atoms. The van der Waals surface area contributed by atoms with Crippen molar-refractivity contribution in [3.05, 3.63) is 82.5 Å². The fraction of sp³-hybridized carbons (Fsp3) is 0.240. The van der Waals surface area contributed by atoms with Crippen molar-refractivity contribution in [1.82, 2.24) is 10.3 Å². The molecule has 0 unspecified atom stereocenters. The predicted octanol–water partition coefficient (Wildman–Crippen LogP) is 3.59. The highest BCUT2D eigenvalue weighted by atomic mass is 35.5. The van der Waals surface area contributed by atoms with E-state index in [9.17, 15) is 14.7 Å². The number of halogens is 1. The van der Waals surface area contributed by atoms with Gasteiger partial charge in [0.2, 0.25) is 0 Å². The van der Waals surface area contributed by atoms with E-state index < -0.39 is 17.9 Å². The third kappa shape index (κ3) is 5.96. The van der Waals surface area contributed by atoms with Crippen LogP contribution >= 0.6 is 11.6 Å². The molecular formula is C25H24ClN3O5. The van der Waals surface area contributed by atoms with Gasteiger partial charge in [-0.1, -0.05) is 35.9 Å². The van der Waals surface area contributed by atoms with E-state index in [2.05, 4.69) is 15.6 Å². The second kappa shape index (κ2) is 10.9. The number of carboxylic acids is 1. The van der Waals surface area contributed by atoms with Crippen molar-refractivity contribution in [2.24, 2.45) is 0 Å². The minimum Gasteiger partial charge on any atom is -0.493 e. The molecule has 0 saturated heterocycles. The minimum atomic E-state index is -1.13. The van der Waals surface area contributed by atoms with Gasteiger partial charge in [0.25, 0.3) is 5.91 Å². The third-order valence-electron chi connectivity index (χ3n) is 5.28. The molecule has 1 aliphatic heterocycles. The van der Waals surface area contributed by atoms with Crippen LogP contribution in [0.25, 0.3) is 0 Å². The molecular weight excluding hydrogens is 458 g/mol. The van der Waals surface area contributed by atoms with Crippen LogP contribution in [-0.2, 0) is 17.6 Å². The Kier molecular flexibility index (Phi) is 7.49. The van der Waals surface area contributed by atoms with E-state index in [0.717, 1.165) is 29.4 Å². The molecule has 0 fully saturated rings. The molecule has 8 nitrogen and oxygen atoms in total. The molecule has 3 aromatic rings. The second-order valence-corrected chi connectivity index (χ2v) is 8.12. The van der Waals surface area contributed by atoms with Gasteiger partial charge in [-0.2, -0.15) is 0 Å². The first kappa shape index (κ1) is 23.4. The Morgan fingerprint density at radius 1 is 1.15 bits per heavy atom. The van der Waals surface area contributed by atoms with Crippen LogP contribution < -0.4 is 20.1 Å². The van der Waals surface area contributed by atoms with E-state index in [1.54, 1.807) is 48.5 Å². The van der Waals surface area contributed by atoms with Gasteiger partial charge in [0.15, 0.2) is 11.6 Å². The summed E-state index contributed by atoms with van der Waals surface area (Å²) in [7, 11) is 0. The van der Waals surface area contributed by atoms with Crippen molar-refractivity contribution in [1.29, 1.82) is 0 Å². The Morgan fingerprint density at radius 2 is 1.94 bits per heavy atom. The fourth-order valence-electron chi connectivity index (χ4n) is 3.51. The number of aromatic nitrogens is 1. The molecule has 0 spiro atoms. The number of anilines is 1. The normalized spacial score (nSPS) is 13.1. The summed E-state index contributed by atoms with van der Waals surface area (Å²) in [5.41, 5.74) is 1.88. The van der Waals surface area contributed by atoms with Crippen LogP contribution in [0.2, 0.25) is 5.02 Å². The van der Waals surface area contributed by atoms with Crippen LogP contribution in [0, 0.1) is 0 Å². The van der Waals surface area contributed by atoms with Crippen LogP contribution in [0.1, 0.15) is 21.6 Å². The van der Waals surface area contributed by atoms with Crippen LogP contribution in [0.3, 0.4) is 0 Å². The van der Waals surface area contributed by atoms with E-state index in [1.807, 2.05) is 12.1 Å². The molecule has 34 heavy (non-hydrogen) atoms. The van der Waals surface area contributed by atoms with Gasteiger partial charge in [-0.15, -0.1) is 0 Å². The highest BCUT2D eigenvalue weighted by Crippen LogP contribution is 2.25. The zero-order chi connectivity index (χ0) is 23.9. The van der Waals surface area contributed by atoms with Gasteiger partial charge in [-0.05, 0) is 42.0 Å². The van der Waals surface area contributed by atoms with Crippen molar-refractivity contribution in [3.63, 3.8) is 0 Å². The number of benzene rings is 2. The monoisotopic (exact) mass is 481 g/mol. The van der Waals surface area contributed by atoms with E-state index in [0.29, 0.717) is 25.4 Å². The lowest BCUT2D eigenvalue weighted by Crippen LogP contribution is -2.42. The summed E-state index contributed by atoms with van der Waals surface area (Å²) in [5, 5.41) is 15.6. The van der Waals surface area contributed by atoms with E-state index in [-0.39, 0.29) is 17.0 Å². The Bertz CT molecular complexity index is 1170. The fourth-order valence-corrected chi connectivity index (χ4v) is 3.73. The highest BCUT2D eigenvalue weighted by Gasteiger charge is 2.22. The number of aliphatic carboxylic acids is 1. The molecule has 2 heterocycles. The first-order chi connectivity index (χ1) is 16.5. The van der Waals surface area contributed by atoms with Crippen molar-refractivity contribution in [2.45, 2.75) is 18.9 Å². The molecule has 176 valence electrons. The van der Waals surface area contributed by atoms with Crippen molar-refractivity contribution in [2.75, 3.05) is 25.1 Å². The molecule has 4 rings (SSSR count). The smallest absolute Gasteiger partial charge is 0.326 e. The van der Waals surface area contributed by atoms with Crippen LogP contribution in [0.4, 0.5) is 5.82 Å². The molecule has 0 aliphatic carbocycles. The maximum atomic E-state index is 12.4. The quantitative estimate of drug-likeness (QED) is 0.428. The number of hydrogen-bond acceptors (Lipinski definition) is 6. The van der Waals surface area contributed by atoms with Gasteiger partial charge in [-0.3, -0.25) is 4.79 Å². The molecule has 0 radical (unpaired) electrons. The van der Waals surface area contributed by atoms with Gasteiger partial charge in [0.05, 0.1) is 23.7 Å². The number of nitrogens with zero attached hydrogens (tertiary/aromatic N) is 1. The van der Waals surface area contributed by atoms with Gasteiger partial charge < -0.3 is 25.2 Å². The van der Waals surface area contributed by atoms with Gasteiger partial charge in [0, 0.05) is 18.5 Å². The lowest BCUT2D eigenvalue weighted by atomic mass is 10.1. The van der Waals surface area contributed by atoms with Gasteiger partial charge in [0.1, 0.15) is 18.4 Å². The van der Waals surface area contributed by atoms with Crippen LogP contribution in [0.5, 0.6) is 11.5 Å². The molecule has 1 amide bonds. The van der Waals surface area contributed by atoms with Crippen molar-refractivity contribution >= 4 is 29.3 Å². The number of nitrogens with one attached hydrogen (secondary N) is 2. The first-order valence-electron chi connectivity index (χ1n) is 10.9. The second-order valence-electron chi connectivity index (χ2n) is 7.72. The minimum absolute atomic E-state index is 0.125. The average Bonchev–Trinajstić information content (AvgIpc) is 2.84. The lowest BCUT2D eigenvalue weighted by molar-refractivity contribution is -0.139. The summed E-state index contributed by atoms with van der Waals surface area (Å²) >= 11 is 6.04. The number of carbonyl (C=O) groups is 2. The van der Waals surface area contributed by atoms with E-state index >= 15 is 0 Å². The highest BCUT2D eigenvalue weighted by molar-refractivity contribution is 6.33. The Morgan fingerprint density at radius 3 is 2.71 bits per heavy atom. The standard InChI is InChI=1S/C25H24ClN3O5/c26-20-4-2-1-3-19(20)24(30)29-21(25(31)32)15-16-5-8-18(9-6-16)33-13-11-17-7-10-22-23(28-17)27-12-14-34-22/h1-10,21H,11-15H2,(H,27,28)(H,29,30)(H,31,32)/t21-/m0/s1. The maximum absolute atomic E-state index is 12.4. The maximum Gasteiger partial charge on any atom is 0.326 e. The van der Waals surface area contributed by atoms with Gasteiger partial charge >= 0.3 is 5.97 Å². The molecule has 3 N–H and O–H groups in total. The molecule has 2 aromatic carbocycles. The van der Waals surface area contributed by atoms with Crippen molar-refractivity contribution in [3.8, 4) is 11.5 Å². The summed E-state index contributed by atoms with van der Waals surface area (Å²) in [5.74, 6) is 0.515. The Balaban J connectivity index is 1.30. The lowest BCUT2D eigenvalue weighted by Gasteiger charge is -2.18. The zero-order valence-electron chi connectivity index (χ0n) is 18.3. The summed E-state index contributed by atoms with van der Waals surface area (Å²) in [6.45, 7) is 1.81. The van der Waals surface area contributed by atoms with Gasteiger partial charge in [-0.25, -0.2) is 9.78 Å². The number of ether oxygens (including phenoxy) is 2. The van der Waals surface area contributed by atoms with Crippen LogP contribution in [-0.4, -0.2) is 47.8 Å². The molecule has 1 aromatic heterocycles. The first-order valence-corrected chi connectivity index (χ1v) is 11.2. The predicted molar refractivity (Wildman–Crippen MR) is 128 cm³/mol. The van der Waals surface area contributed by atoms with Crippen molar-refractivity contribution < 1.29 is 24.2 Å². The van der Waals surface area contributed by atoms with E-state index in [1.165, 1.54) is 0 Å². The Labute approximate surface area is 201 Å². The SMILES string of the molecule is O=C(N[C@@H](Cc1ccc(OCCc2ccc3c(n2)NCCO3)cc1)C(=O)O)c1ccccc1Cl. The molecule has 1 aliphatic rings. The van der Waals surface area contributed by atoms with E-state index in [4.69, 9.17) is 21.1 Å². The number of carbonyl (C=O) groups excluding carboxylic acids is 1. The third-order valence-corrected chi connectivity index (χ3v) is 5.61. The number of hydrogen-bond donors (Lipinski definition) is 3. The summed E-state index contributed by atoms with van der Waals surface area (Å²) in [6.07, 6.45) is 0.756. The summed E-state index contributed by atoms with van der Waals surface area (Å²) in [4.78, 5) is 28.7. The number of fused-ring (bicyclic) bond motifs is 1. The topological polar surface area (TPSA) is 110 Å². The number of carboxylic acid groups (broad SMARTS) is 1. The number of pyridine rings is 1. The zero-order valence-corrected chi connectivity index (χ0v) is 19.0. The Hall–Kier alpha value is -3.78. The number of amides is 1. The molecule has 9 heteroatoms. The largest absolute Gasteiger partial charge is 0.493 e. The summed E-state index contributed by atoms with van der Waals surface area (Å²) in [6, 6.07) is 16.3. The van der Waals surface area contributed by atoms with Crippen LogP contribution in [0.15, 0.2) is 60.7 Å².